The number of benzene rings is 1. The molecular formula is C11H13BrO2. The van der Waals surface area contributed by atoms with Crippen molar-refractivity contribution in [2.24, 2.45) is 0 Å². The van der Waals surface area contributed by atoms with E-state index in [0.29, 0.717) is 0 Å². The SMILES string of the molecule is Cc1ccc(C(C)CC(=O)O)cc1Br. The van der Waals surface area contributed by atoms with Crippen LogP contribution in [0, 0.1) is 6.92 Å². The lowest BCUT2D eigenvalue weighted by Crippen LogP contribution is -2.02. The molecule has 0 saturated carbocycles. The number of rotatable bonds is 3. The van der Waals surface area contributed by atoms with Crippen LogP contribution in [0.25, 0.3) is 0 Å². The van der Waals surface area contributed by atoms with Crippen molar-refractivity contribution in [3.05, 3.63) is 33.8 Å². The monoisotopic (exact) mass is 256 g/mol. The van der Waals surface area contributed by atoms with Crippen molar-refractivity contribution in [1.82, 2.24) is 0 Å². The molecule has 0 radical (unpaired) electrons. The molecule has 76 valence electrons. The summed E-state index contributed by atoms with van der Waals surface area (Å²) in [6, 6.07) is 5.97. The maximum atomic E-state index is 10.5. The molecule has 0 aromatic heterocycles. The number of hydrogen-bond donors (Lipinski definition) is 1. The standard InChI is InChI=1S/C11H13BrO2/c1-7-3-4-9(6-10(7)12)8(2)5-11(13)14/h3-4,6,8H,5H2,1-2H3,(H,13,14). The van der Waals surface area contributed by atoms with E-state index in [-0.39, 0.29) is 12.3 Å². The third-order valence-electron chi connectivity index (χ3n) is 2.25. The van der Waals surface area contributed by atoms with E-state index in [1.54, 1.807) is 0 Å². The number of halogens is 1. The first-order valence-electron chi connectivity index (χ1n) is 4.48. The van der Waals surface area contributed by atoms with Gasteiger partial charge in [-0.2, -0.15) is 0 Å². The van der Waals surface area contributed by atoms with Crippen molar-refractivity contribution in [3.8, 4) is 0 Å². The molecular weight excluding hydrogens is 244 g/mol. The molecule has 1 unspecified atom stereocenters. The molecule has 0 saturated heterocycles. The van der Waals surface area contributed by atoms with Gasteiger partial charge in [0.2, 0.25) is 0 Å². The van der Waals surface area contributed by atoms with Crippen LogP contribution in [0.3, 0.4) is 0 Å². The highest BCUT2D eigenvalue weighted by Gasteiger charge is 2.10. The Hall–Kier alpha value is -0.830. The van der Waals surface area contributed by atoms with Crippen molar-refractivity contribution < 1.29 is 9.90 Å². The summed E-state index contributed by atoms with van der Waals surface area (Å²) in [5.41, 5.74) is 2.22. The summed E-state index contributed by atoms with van der Waals surface area (Å²) in [4.78, 5) is 10.5. The van der Waals surface area contributed by atoms with E-state index in [9.17, 15) is 4.79 Å². The first-order chi connectivity index (χ1) is 6.50. The predicted octanol–water partition coefficient (Wildman–Crippen LogP) is 3.34. The average molecular weight is 257 g/mol. The summed E-state index contributed by atoms with van der Waals surface area (Å²) >= 11 is 3.43. The predicted molar refractivity (Wildman–Crippen MR) is 59.5 cm³/mol. The second kappa shape index (κ2) is 4.60. The fourth-order valence-electron chi connectivity index (χ4n) is 1.30. The van der Waals surface area contributed by atoms with E-state index in [0.717, 1.165) is 15.6 Å². The molecule has 0 aliphatic heterocycles. The van der Waals surface area contributed by atoms with Gasteiger partial charge in [-0.15, -0.1) is 0 Å². The normalized spacial score (nSPS) is 12.5. The lowest BCUT2D eigenvalue weighted by molar-refractivity contribution is -0.137. The first kappa shape index (κ1) is 11.2. The molecule has 1 aromatic carbocycles. The molecule has 0 amide bonds. The van der Waals surface area contributed by atoms with Gasteiger partial charge in [0.1, 0.15) is 0 Å². The summed E-state index contributed by atoms with van der Waals surface area (Å²) in [6.45, 7) is 3.93. The molecule has 1 rings (SSSR count). The second-order valence-electron chi connectivity index (χ2n) is 3.51. The Morgan fingerprint density at radius 1 is 1.57 bits per heavy atom. The number of carboxylic acid groups (broad SMARTS) is 1. The summed E-state index contributed by atoms with van der Waals surface area (Å²) < 4.78 is 1.03. The second-order valence-corrected chi connectivity index (χ2v) is 4.36. The van der Waals surface area contributed by atoms with Crippen molar-refractivity contribution in [1.29, 1.82) is 0 Å². The minimum atomic E-state index is -0.755. The quantitative estimate of drug-likeness (QED) is 0.901. The number of carboxylic acids is 1. The topological polar surface area (TPSA) is 37.3 Å². The van der Waals surface area contributed by atoms with Crippen LogP contribution in [0.4, 0.5) is 0 Å². The van der Waals surface area contributed by atoms with Crippen LogP contribution >= 0.6 is 15.9 Å². The molecule has 1 N–H and O–H groups in total. The Morgan fingerprint density at radius 2 is 2.21 bits per heavy atom. The summed E-state index contributed by atoms with van der Waals surface area (Å²) in [5.74, 6) is -0.696. The summed E-state index contributed by atoms with van der Waals surface area (Å²) in [6.07, 6.45) is 0.176. The largest absolute Gasteiger partial charge is 0.481 e. The Labute approximate surface area is 92.1 Å². The molecule has 1 aromatic rings. The van der Waals surface area contributed by atoms with E-state index >= 15 is 0 Å². The molecule has 1 atom stereocenters. The zero-order chi connectivity index (χ0) is 10.7. The Kier molecular flexibility index (Phi) is 3.69. The number of aliphatic carboxylic acids is 1. The van der Waals surface area contributed by atoms with Gasteiger partial charge in [-0.3, -0.25) is 4.79 Å². The van der Waals surface area contributed by atoms with Gasteiger partial charge >= 0.3 is 5.97 Å². The van der Waals surface area contributed by atoms with E-state index in [2.05, 4.69) is 15.9 Å². The van der Waals surface area contributed by atoms with E-state index < -0.39 is 5.97 Å². The van der Waals surface area contributed by atoms with Crippen LogP contribution < -0.4 is 0 Å². The molecule has 0 bridgehead atoms. The minimum absolute atomic E-state index is 0.0596. The average Bonchev–Trinajstić information content (AvgIpc) is 2.08. The lowest BCUT2D eigenvalue weighted by Gasteiger charge is -2.10. The van der Waals surface area contributed by atoms with Gasteiger partial charge in [-0.05, 0) is 30.0 Å². The summed E-state index contributed by atoms with van der Waals surface area (Å²) in [7, 11) is 0. The number of hydrogen-bond acceptors (Lipinski definition) is 1. The molecule has 0 heterocycles. The van der Waals surface area contributed by atoms with Crippen molar-refractivity contribution in [2.45, 2.75) is 26.2 Å². The highest BCUT2D eigenvalue weighted by atomic mass is 79.9. The van der Waals surface area contributed by atoms with Gasteiger partial charge in [0, 0.05) is 4.47 Å². The van der Waals surface area contributed by atoms with Gasteiger partial charge < -0.3 is 5.11 Å². The molecule has 0 aliphatic rings. The fourth-order valence-corrected chi connectivity index (χ4v) is 1.69. The van der Waals surface area contributed by atoms with Gasteiger partial charge in [-0.1, -0.05) is 35.0 Å². The molecule has 2 nitrogen and oxygen atoms in total. The van der Waals surface area contributed by atoms with E-state index in [1.807, 2.05) is 32.0 Å². The summed E-state index contributed by atoms with van der Waals surface area (Å²) in [5, 5.41) is 8.66. The zero-order valence-corrected chi connectivity index (χ0v) is 9.84. The third-order valence-corrected chi connectivity index (χ3v) is 3.10. The molecule has 0 spiro atoms. The minimum Gasteiger partial charge on any atom is -0.481 e. The fraction of sp³-hybridized carbons (Fsp3) is 0.364. The third kappa shape index (κ3) is 2.84. The Morgan fingerprint density at radius 3 is 2.71 bits per heavy atom. The van der Waals surface area contributed by atoms with Crippen LogP contribution in [0.2, 0.25) is 0 Å². The maximum Gasteiger partial charge on any atom is 0.303 e. The van der Waals surface area contributed by atoms with E-state index in [1.165, 1.54) is 0 Å². The van der Waals surface area contributed by atoms with Gasteiger partial charge in [0.15, 0.2) is 0 Å². The molecule has 14 heavy (non-hydrogen) atoms. The Bertz CT molecular complexity index is 347. The number of carbonyl (C=O) groups is 1. The van der Waals surface area contributed by atoms with Gasteiger partial charge in [-0.25, -0.2) is 0 Å². The van der Waals surface area contributed by atoms with Crippen LogP contribution in [0.5, 0.6) is 0 Å². The molecule has 3 heteroatoms. The van der Waals surface area contributed by atoms with E-state index in [4.69, 9.17) is 5.11 Å². The van der Waals surface area contributed by atoms with Gasteiger partial charge in [0.25, 0.3) is 0 Å². The van der Waals surface area contributed by atoms with Crippen molar-refractivity contribution in [2.75, 3.05) is 0 Å². The highest BCUT2D eigenvalue weighted by molar-refractivity contribution is 9.10. The van der Waals surface area contributed by atoms with Crippen LogP contribution in [0.15, 0.2) is 22.7 Å². The number of aryl methyl sites for hydroxylation is 1. The van der Waals surface area contributed by atoms with Crippen molar-refractivity contribution in [3.63, 3.8) is 0 Å². The van der Waals surface area contributed by atoms with Crippen molar-refractivity contribution >= 4 is 21.9 Å². The zero-order valence-electron chi connectivity index (χ0n) is 8.25. The highest BCUT2D eigenvalue weighted by Crippen LogP contribution is 2.24. The van der Waals surface area contributed by atoms with Crippen LogP contribution in [-0.4, -0.2) is 11.1 Å². The Balaban J connectivity index is 2.85. The van der Waals surface area contributed by atoms with Crippen LogP contribution in [0.1, 0.15) is 30.4 Å². The molecule has 0 aliphatic carbocycles. The maximum absolute atomic E-state index is 10.5. The lowest BCUT2D eigenvalue weighted by atomic mass is 9.97. The smallest absolute Gasteiger partial charge is 0.303 e. The van der Waals surface area contributed by atoms with Crippen LogP contribution in [-0.2, 0) is 4.79 Å². The van der Waals surface area contributed by atoms with Gasteiger partial charge in [0.05, 0.1) is 6.42 Å². The first-order valence-corrected chi connectivity index (χ1v) is 5.28. The molecule has 0 fully saturated rings.